The van der Waals surface area contributed by atoms with Crippen molar-refractivity contribution in [3.63, 3.8) is 0 Å². The number of rotatable bonds is 9. The maximum absolute atomic E-state index is 13.0. The van der Waals surface area contributed by atoms with Gasteiger partial charge in [0.05, 0.1) is 36.1 Å². The topological polar surface area (TPSA) is 120 Å². The number of anilines is 1. The first kappa shape index (κ1) is 26.7. The number of carboxylic acids is 1. The lowest BCUT2D eigenvalue weighted by molar-refractivity contribution is 0.0690. The minimum atomic E-state index is -3.81. The lowest BCUT2D eigenvalue weighted by atomic mass is 10.00. The average molecular weight is 536 g/mol. The van der Waals surface area contributed by atoms with Gasteiger partial charge < -0.3 is 14.6 Å². The number of carbonyl (C=O) groups is 1. The predicted molar refractivity (Wildman–Crippen MR) is 145 cm³/mol. The highest BCUT2D eigenvalue weighted by Crippen LogP contribution is 2.40. The van der Waals surface area contributed by atoms with Gasteiger partial charge in [-0.1, -0.05) is 37.6 Å². The summed E-state index contributed by atoms with van der Waals surface area (Å²) in [5.41, 5.74) is 3.51. The maximum atomic E-state index is 13.0. The second kappa shape index (κ2) is 10.6. The van der Waals surface area contributed by atoms with Crippen molar-refractivity contribution in [1.29, 1.82) is 0 Å². The van der Waals surface area contributed by atoms with Crippen LogP contribution in [0.3, 0.4) is 0 Å². The summed E-state index contributed by atoms with van der Waals surface area (Å²) in [7, 11) is -0.771. The van der Waals surface area contributed by atoms with E-state index < -0.39 is 16.0 Å². The van der Waals surface area contributed by atoms with Gasteiger partial charge in [0, 0.05) is 5.69 Å². The number of nitrogens with one attached hydrogen (secondary N) is 1. The summed E-state index contributed by atoms with van der Waals surface area (Å²) in [6, 6.07) is 18.4. The summed E-state index contributed by atoms with van der Waals surface area (Å²) < 4.78 is 41.3. The molecule has 3 aromatic carbocycles. The lowest BCUT2D eigenvalue weighted by Crippen LogP contribution is -2.14. The Kier molecular flexibility index (Phi) is 7.45. The van der Waals surface area contributed by atoms with E-state index in [1.165, 1.54) is 25.0 Å². The molecular formula is C28H29N3O6S. The molecule has 0 saturated carbocycles. The Morgan fingerprint density at radius 1 is 0.974 bits per heavy atom. The Bertz CT molecular complexity index is 1570. The van der Waals surface area contributed by atoms with E-state index in [4.69, 9.17) is 9.47 Å². The Hall–Kier alpha value is -4.31. The molecule has 0 aliphatic carbocycles. The Labute approximate surface area is 221 Å². The Morgan fingerprint density at radius 3 is 2.16 bits per heavy atom. The van der Waals surface area contributed by atoms with E-state index >= 15 is 0 Å². The van der Waals surface area contributed by atoms with Crippen LogP contribution in [-0.2, 0) is 10.0 Å². The van der Waals surface area contributed by atoms with Gasteiger partial charge in [0.1, 0.15) is 11.5 Å². The number of aromatic carboxylic acids is 1. The third-order valence-electron chi connectivity index (χ3n) is 6.07. The molecule has 0 amide bonds. The molecule has 38 heavy (non-hydrogen) atoms. The molecule has 0 spiro atoms. The number of methoxy groups -OCH3 is 2. The van der Waals surface area contributed by atoms with Crippen molar-refractivity contribution in [3.8, 4) is 28.4 Å². The van der Waals surface area contributed by atoms with Crippen molar-refractivity contribution >= 4 is 21.7 Å². The van der Waals surface area contributed by atoms with Crippen molar-refractivity contribution < 1.29 is 27.8 Å². The number of aryl methyl sites for hydroxylation is 1. The molecule has 4 rings (SSSR count). The standard InChI is InChI=1S/C28H29N3O6S/c1-17(2)21-15-19(30-38(34,35)20-12-9-18(3)10-13-20)11-14-23(21)31-24(16-22(29-31)28(32)33)27-25(36-4)7-6-8-26(27)37-5/h6-17,30H,1-5H3,(H,32,33). The number of hydrogen-bond donors (Lipinski definition) is 2. The molecule has 0 fully saturated rings. The Balaban J connectivity index is 1.87. The molecule has 0 unspecified atom stereocenters. The number of benzene rings is 3. The summed E-state index contributed by atoms with van der Waals surface area (Å²) in [5, 5.41) is 14.1. The quantitative estimate of drug-likeness (QED) is 0.291. The highest BCUT2D eigenvalue weighted by atomic mass is 32.2. The van der Waals surface area contributed by atoms with E-state index in [2.05, 4.69) is 9.82 Å². The van der Waals surface area contributed by atoms with Gasteiger partial charge in [-0.15, -0.1) is 0 Å². The van der Waals surface area contributed by atoms with Crippen LogP contribution in [0.15, 0.2) is 71.6 Å². The van der Waals surface area contributed by atoms with Gasteiger partial charge in [-0.3, -0.25) is 4.72 Å². The van der Waals surface area contributed by atoms with E-state index in [0.29, 0.717) is 34.1 Å². The molecule has 0 radical (unpaired) electrons. The highest BCUT2D eigenvalue weighted by molar-refractivity contribution is 7.92. The molecule has 0 aliphatic rings. The fourth-order valence-electron chi connectivity index (χ4n) is 4.16. The molecular weight excluding hydrogens is 506 g/mol. The molecule has 198 valence electrons. The van der Waals surface area contributed by atoms with Crippen LogP contribution in [0.2, 0.25) is 0 Å². The average Bonchev–Trinajstić information content (AvgIpc) is 3.33. The van der Waals surface area contributed by atoms with Crippen LogP contribution in [0.4, 0.5) is 5.69 Å². The van der Waals surface area contributed by atoms with Crippen molar-refractivity contribution in [2.24, 2.45) is 0 Å². The molecule has 9 nitrogen and oxygen atoms in total. The van der Waals surface area contributed by atoms with Gasteiger partial charge in [-0.05, 0) is 66.9 Å². The zero-order chi connectivity index (χ0) is 27.6. The summed E-state index contributed by atoms with van der Waals surface area (Å²) in [6.45, 7) is 5.81. The minimum Gasteiger partial charge on any atom is -0.496 e. The third kappa shape index (κ3) is 5.21. The maximum Gasteiger partial charge on any atom is 0.356 e. The lowest BCUT2D eigenvalue weighted by Gasteiger charge is -2.19. The largest absolute Gasteiger partial charge is 0.496 e. The second-order valence-corrected chi connectivity index (χ2v) is 10.7. The Morgan fingerprint density at radius 2 is 1.61 bits per heavy atom. The van der Waals surface area contributed by atoms with Gasteiger partial charge in [0.2, 0.25) is 0 Å². The zero-order valence-electron chi connectivity index (χ0n) is 21.7. The zero-order valence-corrected chi connectivity index (χ0v) is 22.5. The fraction of sp³-hybridized carbons (Fsp3) is 0.214. The van der Waals surface area contributed by atoms with Gasteiger partial charge in [0.25, 0.3) is 10.0 Å². The van der Waals surface area contributed by atoms with E-state index in [1.807, 2.05) is 20.8 Å². The van der Waals surface area contributed by atoms with Crippen LogP contribution in [-0.4, -0.2) is 43.5 Å². The highest BCUT2D eigenvalue weighted by Gasteiger charge is 2.24. The van der Waals surface area contributed by atoms with Crippen LogP contribution >= 0.6 is 0 Å². The van der Waals surface area contributed by atoms with Crippen LogP contribution in [0.25, 0.3) is 16.9 Å². The number of sulfonamides is 1. The first-order valence-corrected chi connectivity index (χ1v) is 13.3. The fourth-order valence-corrected chi connectivity index (χ4v) is 5.21. The van der Waals surface area contributed by atoms with Crippen molar-refractivity contribution in [2.45, 2.75) is 31.6 Å². The number of aromatic nitrogens is 2. The summed E-state index contributed by atoms with van der Waals surface area (Å²) in [5.74, 6) is -0.279. The predicted octanol–water partition coefficient (Wildman–Crippen LogP) is 5.49. The first-order valence-electron chi connectivity index (χ1n) is 11.8. The van der Waals surface area contributed by atoms with E-state index in [9.17, 15) is 18.3 Å². The van der Waals surface area contributed by atoms with E-state index in [-0.39, 0.29) is 16.5 Å². The van der Waals surface area contributed by atoms with E-state index in [0.717, 1.165) is 11.1 Å². The van der Waals surface area contributed by atoms with Gasteiger partial charge in [-0.25, -0.2) is 17.9 Å². The summed E-state index contributed by atoms with van der Waals surface area (Å²) in [6.07, 6.45) is 0. The molecule has 0 saturated heterocycles. The molecule has 0 bridgehead atoms. The number of carboxylic acid groups (broad SMARTS) is 1. The monoisotopic (exact) mass is 535 g/mol. The third-order valence-corrected chi connectivity index (χ3v) is 7.47. The molecule has 1 heterocycles. The van der Waals surface area contributed by atoms with Gasteiger partial charge >= 0.3 is 5.97 Å². The van der Waals surface area contributed by atoms with Crippen LogP contribution < -0.4 is 14.2 Å². The SMILES string of the molecule is COc1cccc(OC)c1-c1cc(C(=O)O)nn1-c1ccc(NS(=O)(=O)c2ccc(C)cc2)cc1C(C)C. The normalized spacial score (nSPS) is 11.4. The van der Waals surface area contributed by atoms with Gasteiger partial charge in [0.15, 0.2) is 5.69 Å². The van der Waals surface area contributed by atoms with Crippen LogP contribution in [0.1, 0.15) is 41.4 Å². The van der Waals surface area contributed by atoms with Crippen molar-refractivity contribution in [1.82, 2.24) is 9.78 Å². The first-order chi connectivity index (χ1) is 18.1. The second-order valence-electron chi connectivity index (χ2n) is 9.02. The molecule has 0 aliphatic heterocycles. The van der Waals surface area contributed by atoms with E-state index in [1.54, 1.807) is 60.7 Å². The van der Waals surface area contributed by atoms with Crippen molar-refractivity contribution in [2.75, 3.05) is 18.9 Å². The minimum absolute atomic E-state index is 0.0567. The van der Waals surface area contributed by atoms with Crippen LogP contribution in [0, 0.1) is 6.92 Å². The summed E-state index contributed by atoms with van der Waals surface area (Å²) >= 11 is 0. The molecule has 4 aromatic rings. The smallest absolute Gasteiger partial charge is 0.356 e. The number of nitrogens with zero attached hydrogens (tertiary/aromatic N) is 2. The molecule has 0 atom stereocenters. The summed E-state index contributed by atoms with van der Waals surface area (Å²) in [4.78, 5) is 12.1. The van der Waals surface area contributed by atoms with Gasteiger partial charge in [-0.2, -0.15) is 5.10 Å². The number of ether oxygens (including phenoxy) is 2. The van der Waals surface area contributed by atoms with Crippen LogP contribution in [0.5, 0.6) is 11.5 Å². The molecule has 10 heteroatoms. The molecule has 2 N–H and O–H groups in total. The molecule has 1 aromatic heterocycles. The number of hydrogen-bond acceptors (Lipinski definition) is 6. The van der Waals surface area contributed by atoms with Crippen molar-refractivity contribution in [3.05, 3.63) is 83.6 Å².